The molecular weight excluding hydrogens is 371 g/mol. The molecule has 1 saturated carbocycles. The van der Waals surface area contributed by atoms with Gasteiger partial charge in [0.1, 0.15) is 6.61 Å². The minimum Gasteiger partial charge on any atom is -0.484 e. The van der Waals surface area contributed by atoms with E-state index in [9.17, 15) is 9.18 Å². The number of benzene rings is 1. The third-order valence-corrected chi connectivity index (χ3v) is 5.90. The van der Waals surface area contributed by atoms with E-state index in [1.54, 1.807) is 18.2 Å². The lowest BCUT2D eigenvalue weighted by Crippen LogP contribution is -2.42. The summed E-state index contributed by atoms with van der Waals surface area (Å²) in [5.74, 6) is 0.305. The van der Waals surface area contributed by atoms with Crippen molar-refractivity contribution in [2.75, 3.05) is 19.6 Å². The zero-order chi connectivity index (χ0) is 20.1. The molecule has 6 nitrogen and oxygen atoms in total. The Morgan fingerprint density at radius 2 is 2.07 bits per heavy atom. The number of halogens is 1. The number of ether oxygens (including phenoxy) is 1. The number of carbonyl (C=O) groups is 1. The number of aromatic amines is 1. The molecule has 1 amide bonds. The van der Waals surface area contributed by atoms with E-state index in [1.807, 2.05) is 6.07 Å². The largest absolute Gasteiger partial charge is 0.484 e. The quantitative estimate of drug-likeness (QED) is 0.748. The average Bonchev–Trinajstić information content (AvgIpc) is 3.37. The van der Waals surface area contributed by atoms with Crippen LogP contribution in [0, 0.1) is 5.82 Å². The average molecular weight is 400 g/mol. The van der Waals surface area contributed by atoms with Crippen LogP contribution >= 0.6 is 0 Å². The fourth-order valence-corrected chi connectivity index (χ4v) is 4.32. The second kappa shape index (κ2) is 9.39. The molecule has 0 radical (unpaired) electrons. The summed E-state index contributed by atoms with van der Waals surface area (Å²) in [6.45, 7) is 2.43. The molecule has 2 N–H and O–H groups in total. The predicted octanol–water partition coefficient (Wildman–Crippen LogP) is 3.37. The van der Waals surface area contributed by atoms with Crippen LogP contribution in [0.3, 0.4) is 0 Å². The van der Waals surface area contributed by atoms with Gasteiger partial charge in [-0.15, -0.1) is 0 Å². The highest BCUT2D eigenvalue weighted by molar-refractivity contribution is 5.78. The maximum absolute atomic E-state index is 13.6. The molecule has 2 aromatic rings. The fraction of sp³-hybridized carbons (Fsp3) is 0.545. The number of para-hydroxylation sites is 1. The van der Waals surface area contributed by atoms with Crippen LogP contribution in [0.15, 0.2) is 30.3 Å². The lowest BCUT2D eigenvalue weighted by molar-refractivity contribution is -0.122. The first-order valence-electron chi connectivity index (χ1n) is 10.6. The maximum atomic E-state index is 13.6. The summed E-state index contributed by atoms with van der Waals surface area (Å²) in [5.41, 5.74) is 1.80. The number of hydrogen-bond acceptors (Lipinski definition) is 4. The molecule has 1 aliphatic carbocycles. The van der Waals surface area contributed by atoms with Crippen LogP contribution in [0.1, 0.15) is 55.8 Å². The van der Waals surface area contributed by atoms with Crippen molar-refractivity contribution < 1.29 is 13.9 Å². The number of aromatic nitrogens is 2. The molecule has 4 rings (SSSR count). The van der Waals surface area contributed by atoms with E-state index in [2.05, 4.69) is 20.4 Å². The Balaban J connectivity index is 1.24. The Bertz CT molecular complexity index is 819. The number of amides is 1. The van der Waals surface area contributed by atoms with Crippen molar-refractivity contribution in [3.05, 3.63) is 47.5 Å². The van der Waals surface area contributed by atoms with Crippen LogP contribution in [-0.2, 0) is 11.4 Å². The van der Waals surface area contributed by atoms with Crippen molar-refractivity contribution in [1.29, 1.82) is 0 Å². The van der Waals surface area contributed by atoms with E-state index in [0.29, 0.717) is 18.5 Å². The van der Waals surface area contributed by atoms with E-state index in [4.69, 9.17) is 4.74 Å². The minimum atomic E-state index is -0.370. The van der Waals surface area contributed by atoms with E-state index in [1.165, 1.54) is 25.3 Å². The Kier molecular flexibility index (Phi) is 6.44. The van der Waals surface area contributed by atoms with Crippen molar-refractivity contribution in [2.45, 2.75) is 57.1 Å². The summed E-state index contributed by atoms with van der Waals surface area (Å²) in [4.78, 5) is 14.5. The van der Waals surface area contributed by atoms with E-state index < -0.39 is 0 Å². The van der Waals surface area contributed by atoms with E-state index in [-0.39, 0.29) is 24.1 Å². The molecule has 0 unspecified atom stereocenters. The monoisotopic (exact) mass is 400 g/mol. The summed E-state index contributed by atoms with van der Waals surface area (Å²) in [6, 6.07) is 8.71. The first-order valence-corrected chi connectivity index (χ1v) is 10.6. The van der Waals surface area contributed by atoms with Crippen molar-refractivity contribution in [3.8, 4) is 5.75 Å². The molecule has 1 aromatic carbocycles. The fourth-order valence-electron chi connectivity index (χ4n) is 4.32. The van der Waals surface area contributed by atoms with E-state index in [0.717, 1.165) is 43.7 Å². The lowest BCUT2D eigenvalue weighted by Gasteiger charge is -2.24. The number of rotatable bonds is 7. The van der Waals surface area contributed by atoms with Gasteiger partial charge in [0, 0.05) is 18.5 Å². The number of likely N-dealkylation sites (tertiary alicyclic amines) is 1. The SMILES string of the molecule is O=C(CN1CC[C@@H](c2cc(COc3ccccc3F)[nH]n2)C1)NC1CCCCC1. The van der Waals surface area contributed by atoms with Crippen molar-refractivity contribution in [3.63, 3.8) is 0 Å². The second-order valence-electron chi connectivity index (χ2n) is 8.16. The van der Waals surface area contributed by atoms with Crippen LogP contribution < -0.4 is 10.1 Å². The molecule has 29 heavy (non-hydrogen) atoms. The molecule has 1 aromatic heterocycles. The summed E-state index contributed by atoms with van der Waals surface area (Å²) in [7, 11) is 0. The Hall–Kier alpha value is -2.41. The van der Waals surface area contributed by atoms with Crippen LogP contribution in [-0.4, -0.2) is 46.7 Å². The minimum absolute atomic E-state index is 0.138. The molecule has 156 valence electrons. The van der Waals surface area contributed by atoms with Gasteiger partial charge in [0.05, 0.1) is 17.9 Å². The standard InChI is InChI=1S/C22H29FN4O2/c23-19-8-4-5-9-21(19)29-15-18-12-20(26-25-18)16-10-11-27(13-16)14-22(28)24-17-6-2-1-3-7-17/h4-5,8-9,12,16-17H,1-3,6-7,10-11,13-15H2,(H,24,28)(H,25,26)/t16-/m1/s1. The lowest BCUT2D eigenvalue weighted by atomic mass is 9.95. The Labute approximate surface area is 170 Å². The Morgan fingerprint density at radius 1 is 1.24 bits per heavy atom. The molecule has 0 bridgehead atoms. The highest BCUT2D eigenvalue weighted by Crippen LogP contribution is 2.26. The van der Waals surface area contributed by atoms with Gasteiger partial charge in [-0.25, -0.2) is 4.39 Å². The number of H-pyrrole nitrogens is 1. The van der Waals surface area contributed by atoms with Gasteiger partial charge < -0.3 is 10.1 Å². The van der Waals surface area contributed by atoms with Gasteiger partial charge in [-0.3, -0.25) is 14.8 Å². The molecule has 2 aliphatic rings. The van der Waals surface area contributed by atoms with Gasteiger partial charge in [0.25, 0.3) is 0 Å². The summed E-state index contributed by atoms with van der Waals surface area (Å²) < 4.78 is 19.2. The second-order valence-corrected chi connectivity index (χ2v) is 8.16. The highest BCUT2D eigenvalue weighted by atomic mass is 19.1. The molecule has 2 fully saturated rings. The molecule has 0 spiro atoms. The Morgan fingerprint density at radius 3 is 2.90 bits per heavy atom. The first-order chi connectivity index (χ1) is 14.2. The zero-order valence-electron chi connectivity index (χ0n) is 16.7. The van der Waals surface area contributed by atoms with Crippen molar-refractivity contribution in [1.82, 2.24) is 20.4 Å². The van der Waals surface area contributed by atoms with Gasteiger partial charge in [0.15, 0.2) is 11.6 Å². The summed E-state index contributed by atoms with van der Waals surface area (Å²) >= 11 is 0. The molecular formula is C22H29FN4O2. The maximum Gasteiger partial charge on any atom is 0.234 e. The molecule has 1 aliphatic heterocycles. The van der Waals surface area contributed by atoms with Gasteiger partial charge in [-0.1, -0.05) is 31.4 Å². The van der Waals surface area contributed by atoms with Crippen LogP contribution in [0.25, 0.3) is 0 Å². The molecule has 7 heteroatoms. The normalized spacial score (nSPS) is 20.7. The first kappa shape index (κ1) is 19.9. The van der Waals surface area contributed by atoms with Crippen molar-refractivity contribution in [2.24, 2.45) is 0 Å². The van der Waals surface area contributed by atoms with Gasteiger partial charge in [0.2, 0.25) is 5.91 Å². The number of carbonyl (C=O) groups excluding carboxylic acids is 1. The van der Waals surface area contributed by atoms with Gasteiger partial charge in [-0.05, 0) is 44.0 Å². The number of nitrogens with zero attached hydrogens (tertiary/aromatic N) is 2. The number of nitrogens with one attached hydrogen (secondary N) is 2. The van der Waals surface area contributed by atoms with Crippen molar-refractivity contribution >= 4 is 5.91 Å². The van der Waals surface area contributed by atoms with Crippen LogP contribution in [0.5, 0.6) is 5.75 Å². The van der Waals surface area contributed by atoms with Gasteiger partial charge >= 0.3 is 0 Å². The molecule has 1 saturated heterocycles. The van der Waals surface area contributed by atoms with Crippen LogP contribution in [0.2, 0.25) is 0 Å². The van der Waals surface area contributed by atoms with E-state index >= 15 is 0 Å². The third-order valence-electron chi connectivity index (χ3n) is 5.90. The number of hydrogen-bond donors (Lipinski definition) is 2. The molecule has 2 heterocycles. The molecule has 1 atom stereocenters. The predicted molar refractivity (Wildman–Crippen MR) is 108 cm³/mol. The third kappa shape index (κ3) is 5.35. The topological polar surface area (TPSA) is 70.2 Å². The highest BCUT2D eigenvalue weighted by Gasteiger charge is 2.27. The summed E-state index contributed by atoms with van der Waals surface area (Å²) in [5, 5.41) is 10.6. The smallest absolute Gasteiger partial charge is 0.234 e. The van der Waals surface area contributed by atoms with Gasteiger partial charge in [-0.2, -0.15) is 5.10 Å². The zero-order valence-corrected chi connectivity index (χ0v) is 16.7. The summed E-state index contributed by atoms with van der Waals surface area (Å²) in [6.07, 6.45) is 6.93. The van der Waals surface area contributed by atoms with Crippen LogP contribution in [0.4, 0.5) is 4.39 Å².